The maximum atomic E-state index is 12.0. The molecule has 1 amide bonds. The van der Waals surface area contributed by atoms with Crippen LogP contribution >= 0.6 is 0 Å². The molecule has 0 saturated carbocycles. The molecule has 0 aliphatic rings. The highest BCUT2D eigenvalue weighted by atomic mass is 32.2. The van der Waals surface area contributed by atoms with E-state index in [0.29, 0.717) is 5.69 Å². The Morgan fingerprint density at radius 1 is 1.00 bits per heavy atom. The number of hydrogen-bond acceptors (Lipinski definition) is 4. The number of rotatable bonds is 9. The van der Waals surface area contributed by atoms with Crippen molar-refractivity contribution in [2.24, 2.45) is 5.73 Å². The largest absolute Gasteiger partial charge is 0.325 e. The van der Waals surface area contributed by atoms with Crippen molar-refractivity contribution in [3.05, 3.63) is 65.7 Å². The van der Waals surface area contributed by atoms with Gasteiger partial charge in [0.1, 0.15) is 9.84 Å². The summed E-state index contributed by atoms with van der Waals surface area (Å²) in [6.45, 7) is 0. The first-order valence-corrected chi connectivity index (χ1v) is 10.8. The predicted octanol–water partition coefficient (Wildman–Crippen LogP) is 2.56. The van der Waals surface area contributed by atoms with Crippen molar-refractivity contribution in [3.8, 4) is 0 Å². The van der Waals surface area contributed by atoms with E-state index in [9.17, 15) is 13.2 Å². The quantitative estimate of drug-likeness (QED) is 0.706. The first-order chi connectivity index (χ1) is 12.3. The Labute approximate surface area is 155 Å². The Bertz CT molecular complexity index is 803. The number of sulfone groups is 1. The van der Waals surface area contributed by atoms with E-state index in [1.807, 2.05) is 42.5 Å². The summed E-state index contributed by atoms with van der Waals surface area (Å²) in [5.74, 6) is -0.465. The van der Waals surface area contributed by atoms with Crippen molar-refractivity contribution >= 4 is 21.4 Å². The summed E-state index contributed by atoms with van der Waals surface area (Å²) >= 11 is 0. The zero-order valence-corrected chi connectivity index (χ0v) is 15.8. The van der Waals surface area contributed by atoms with Gasteiger partial charge in [-0.25, -0.2) is 8.42 Å². The van der Waals surface area contributed by atoms with Gasteiger partial charge < -0.3 is 11.1 Å². The smallest absolute Gasteiger partial charge is 0.241 e. The maximum absolute atomic E-state index is 12.0. The molecule has 1 atom stereocenters. The lowest BCUT2D eigenvalue weighted by Crippen LogP contribution is -2.37. The van der Waals surface area contributed by atoms with Crippen LogP contribution < -0.4 is 11.1 Å². The van der Waals surface area contributed by atoms with Crippen molar-refractivity contribution in [1.29, 1.82) is 0 Å². The molecule has 6 heteroatoms. The van der Waals surface area contributed by atoms with Crippen LogP contribution in [0.1, 0.15) is 24.0 Å². The van der Waals surface area contributed by atoms with E-state index in [4.69, 9.17) is 5.73 Å². The maximum Gasteiger partial charge on any atom is 0.241 e. The number of hydrogen-bond donors (Lipinski definition) is 2. The molecule has 0 radical (unpaired) electrons. The average molecular weight is 375 g/mol. The molecule has 0 bridgehead atoms. The van der Waals surface area contributed by atoms with Gasteiger partial charge >= 0.3 is 0 Å². The minimum absolute atomic E-state index is 0.0953. The van der Waals surface area contributed by atoms with E-state index < -0.39 is 15.9 Å². The molecular formula is C20H26N2O3S. The number of benzene rings is 2. The molecule has 26 heavy (non-hydrogen) atoms. The zero-order chi connectivity index (χ0) is 19.0. The van der Waals surface area contributed by atoms with Crippen LogP contribution in [0.3, 0.4) is 0 Å². The van der Waals surface area contributed by atoms with Crippen LogP contribution in [0, 0.1) is 0 Å². The molecule has 0 aliphatic carbocycles. The second-order valence-corrected chi connectivity index (χ2v) is 8.81. The average Bonchev–Trinajstić information content (AvgIpc) is 2.61. The molecule has 2 aromatic rings. The summed E-state index contributed by atoms with van der Waals surface area (Å²) in [7, 11) is -3.12. The van der Waals surface area contributed by atoms with E-state index in [0.717, 1.165) is 25.5 Å². The summed E-state index contributed by atoms with van der Waals surface area (Å²) in [6.07, 6.45) is 4.31. The van der Waals surface area contributed by atoms with Crippen LogP contribution in [-0.2, 0) is 27.5 Å². The summed E-state index contributed by atoms with van der Waals surface area (Å²) in [5.41, 5.74) is 8.95. The van der Waals surface area contributed by atoms with Crippen LogP contribution in [0.15, 0.2) is 54.6 Å². The molecular weight excluding hydrogens is 348 g/mol. The minimum Gasteiger partial charge on any atom is -0.325 e. The molecule has 0 aromatic heterocycles. The number of nitrogens with two attached hydrogens (primary N) is 1. The first kappa shape index (κ1) is 20.1. The third kappa shape index (κ3) is 7.37. The van der Waals surface area contributed by atoms with Crippen LogP contribution in [0.2, 0.25) is 0 Å². The second kappa shape index (κ2) is 9.50. The number of anilines is 1. The van der Waals surface area contributed by atoms with E-state index in [-0.39, 0.29) is 18.1 Å². The summed E-state index contributed by atoms with van der Waals surface area (Å²) in [4.78, 5) is 12.0. The number of carbonyl (C=O) groups is 1. The van der Waals surface area contributed by atoms with E-state index >= 15 is 0 Å². The summed E-state index contributed by atoms with van der Waals surface area (Å²) < 4.78 is 22.3. The van der Waals surface area contributed by atoms with Gasteiger partial charge in [-0.05, 0) is 48.9 Å². The van der Waals surface area contributed by atoms with Gasteiger partial charge in [0.25, 0.3) is 0 Å². The Balaban J connectivity index is 1.78. The van der Waals surface area contributed by atoms with Crippen LogP contribution in [0.4, 0.5) is 5.69 Å². The second-order valence-electron chi connectivity index (χ2n) is 6.55. The van der Waals surface area contributed by atoms with Gasteiger partial charge in [-0.3, -0.25) is 4.79 Å². The van der Waals surface area contributed by atoms with Gasteiger partial charge in [-0.2, -0.15) is 0 Å². The first-order valence-electron chi connectivity index (χ1n) is 8.70. The highest BCUT2D eigenvalue weighted by Gasteiger charge is 2.16. The number of aryl methyl sites for hydroxylation is 2. The van der Waals surface area contributed by atoms with Crippen LogP contribution in [0.5, 0.6) is 0 Å². The van der Waals surface area contributed by atoms with Crippen molar-refractivity contribution in [2.75, 3.05) is 17.3 Å². The number of carbonyl (C=O) groups excluding carboxylic acids is 1. The Morgan fingerprint density at radius 3 is 2.15 bits per heavy atom. The van der Waals surface area contributed by atoms with Gasteiger partial charge in [-0.1, -0.05) is 42.5 Å². The monoisotopic (exact) mass is 374 g/mol. The molecule has 0 fully saturated rings. The SMILES string of the molecule is CS(=O)(=O)CCC(N)C(=O)Nc1ccc(CCCc2ccccc2)cc1. The number of amides is 1. The van der Waals surface area contributed by atoms with Gasteiger partial charge in [0, 0.05) is 11.9 Å². The van der Waals surface area contributed by atoms with Crippen molar-refractivity contribution < 1.29 is 13.2 Å². The van der Waals surface area contributed by atoms with Gasteiger partial charge in [0.2, 0.25) is 5.91 Å². The zero-order valence-electron chi connectivity index (χ0n) is 15.0. The highest BCUT2D eigenvalue weighted by Crippen LogP contribution is 2.13. The Hall–Kier alpha value is -2.18. The minimum atomic E-state index is -3.12. The normalized spacial score (nSPS) is 12.5. The predicted molar refractivity (Wildman–Crippen MR) is 106 cm³/mol. The van der Waals surface area contributed by atoms with Crippen molar-refractivity contribution in [3.63, 3.8) is 0 Å². The molecule has 0 aliphatic heterocycles. The molecule has 3 N–H and O–H groups in total. The fraction of sp³-hybridized carbons (Fsp3) is 0.350. The number of nitrogens with one attached hydrogen (secondary N) is 1. The topological polar surface area (TPSA) is 89.3 Å². The van der Waals surface area contributed by atoms with Gasteiger partial charge in [0.15, 0.2) is 0 Å². The fourth-order valence-corrected chi connectivity index (χ4v) is 3.29. The molecule has 5 nitrogen and oxygen atoms in total. The highest BCUT2D eigenvalue weighted by molar-refractivity contribution is 7.90. The van der Waals surface area contributed by atoms with E-state index in [1.165, 1.54) is 11.1 Å². The van der Waals surface area contributed by atoms with Gasteiger partial charge in [0.05, 0.1) is 11.8 Å². The summed E-state index contributed by atoms with van der Waals surface area (Å²) in [6, 6.07) is 17.2. The summed E-state index contributed by atoms with van der Waals surface area (Å²) in [5, 5.41) is 2.73. The molecule has 0 spiro atoms. The molecule has 2 aromatic carbocycles. The van der Waals surface area contributed by atoms with E-state index in [2.05, 4.69) is 17.4 Å². The van der Waals surface area contributed by atoms with Crippen LogP contribution in [0.25, 0.3) is 0 Å². The third-order valence-electron chi connectivity index (χ3n) is 4.13. The fourth-order valence-electron chi connectivity index (χ4n) is 2.60. The lowest BCUT2D eigenvalue weighted by atomic mass is 10.0. The standard InChI is InChI=1S/C20H26N2O3S/c1-26(24,25)15-14-19(21)20(23)22-18-12-10-17(11-13-18)9-5-8-16-6-3-2-4-7-16/h2-4,6-7,10-13,19H,5,8-9,14-15,21H2,1H3,(H,22,23). The molecule has 2 rings (SSSR count). The molecule has 0 saturated heterocycles. The lowest BCUT2D eigenvalue weighted by molar-refractivity contribution is -0.117. The molecule has 0 heterocycles. The van der Waals surface area contributed by atoms with E-state index in [1.54, 1.807) is 0 Å². The third-order valence-corrected chi connectivity index (χ3v) is 5.11. The van der Waals surface area contributed by atoms with Crippen molar-refractivity contribution in [1.82, 2.24) is 0 Å². The van der Waals surface area contributed by atoms with Crippen molar-refractivity contribution in [2.45, 2.75) is 31.7 Å². The molecule has 1 unspecified atom stereocenters. The van der Waals surface area contributed by atoms with Crippen LogP contribution in [-0.4, -0.2) is 32.4 Å². The molecule has 140 valence electrons. The van der Waals surface area contributed by atoms with Gasteiger partial charge in [-0.15, -0.1) is 0 Å². The lowest BCUT2D eigenvalue weighted by Gasteiger charge is -2.12. The Morgan fingerprint density at radius 2 is 1.58 bits per heavy atom. The Kier molecular flexibility index (Phi) is 7.36.